The van der Waals surface area contributed by atoms with Crippen molar-refractivity contribution in [3.63, 3.8) is 0 Å². The first kappa shape index (κ1) is 15.6. The Morgan fingerprint density at radius 3 is 2.65 bits per heavy atom. The quantitative estimate of drug-likeness (QED) is 0.420. The van der Waals surface area contributed by atoms with Gasteiger partial charge in [-0.05, 0) is 12.1 Å². The molecule has 0 saturated carbocycles. The summed E-state index contributed by atoms with van der Waals surface area (Å²) in [5.74, 6) is -1.80. The summed E-state index contributed by atoms with van der Waals surface area (Å²) < 4.78 is 0. The molecule has 0 aromatic carbocycles. The molecule has 0 aliphatic carbocycles. The zero-order chi connectivity index (χ0) is 15.0. The molecule has 8 nitrogen and oxygen atoms in total. The summed E-state index contributed by atoms with van der Waals surface area (Å²) in [5, 5.41) is 13.2. The van der Waals surface area contributed by atoms with E-state index >= 15 is 0 Å². The molecule has 20 heavy (non-hydrogen) atoms. The molecule has 1 rings (SSSR count). The van der Waals surface area contributed by atoms with Crippen molar-refractivity contribution >= 4 is 23.5 Å². The molecule has 1 atom stereocenters. The lowest BCUT2D eigenvalue weighted by Crippen LogP contribution is -2.37. The lowest BCUT2D eigenvalue weighted by Gasteiger charge is -2.11. The molecule has 3 amide bonds. The van der Waals surface area contributed by atoms with Crippen molar-refractivity contribution in [1.82, 2.24) is 15.8 Å². The van der Waals surface area contributed by atoms with Crippen LogP contribution in [0.2, 0.25) is 0 Å². The van der Waals surface area contributed by atoms with Crippen molar-refractivity contribution in [2.24, 2.45) is 5.92 Å². The summed E-state index contributed by atoms with van der Waals surface area (Å²) in [6.07, 6.45) is 1.37. The molecule has 0 bridgehead atoms. The van der Waals surface area contributed by atoms with E-state index in [0.717, 1.165) is 0 Å². The average Bonchev–Trinajstić information content (AvgIpc) is 2.45. The first-order valence-electron chi connectivity index (χ1n) is 5.94. The van der Waals surface area contributed by atoms with Gasteiger partial charge in [-0.1, -0.05) is 13.0 Å². The van der Waals surface area contributed by atoms with E-state index in [4.69, 9.17) is 5.21 Å². The number of anilines is 1. The molecular formula is C12H16N4O4. The van der Waals surface area contributed by atoms with E-state index in [0.29, 0.717) is 5.82 Å². The molecule has 0 radical (unpaired) electrons. The van der Waals surface area contributed by atoms with E-state index in [9.17, 15) is 14.4 Å². The Hall–Kier alpha value is -2.48. The van der Waals surface area contributed by atoms with Crippen molar-refractivity contribution in [3.8, 4) is 0 Å². The fourth-order valence-corrected chi connectivity index (χ4v) is 1.38. The largest absolute Gasteiger partial charge is 0.347 e. The molecule has 0 fully saturated rings. The second-order valence-electron chi connectivity index (χ2n) is 4.12. The van der Waals surface area contributed by atoms with E-state index < -0.39 is 23.6 Å². The van der Waals surface area contributed by atoms with Crippen LogP contribution in [-0.2, 0) is 14.4 Å². The number of rotatable bonds is 6. The van der Waals surface area contributed by atoms with Gasteiger partial charge in [0.15, 0.2) is 0 Å². The Kier molecular flexibility index (Phi) is 6.11. The summed E-state index contributed by atoms with van der Waals surface area (Å²) in [6, 6.07) is 5.05. The lowest BCUT2D eigenvalue weighted by molar-refractivity contribution is -0.134. The lowest BCUT2D eigenvalue weighted by atomic mass is 10.1. The van der Waals surface area contributed by atoms with E-state index in [-0.39, 0.29) is 13.0 Å². The fourth-order valence-electron chi connectivity index (χ4n) is 1.38. The fraction of sp³-hybridized carbons (Fsp3) is 0.333. The van der Waals surface area contributed by atoms with Gasteiger partial charge in [-0.25, -0.2) is 10.5 Å². The van der Waals surface area contributed by atoms with Crippen LogP contribution in [0.15, 0.2) is 24.4 Å². The maximum Gasteiger partial charge on any atom is 0.244 e. The third kappa shape index (κ3) is 5.44. The predicted molar refractivity (Wildman–Crippen MR) is 69.6 cm³/mol. The highest BCUT2D eigenvalue weighted by Gasteiger charge is 2.17. The number of carbonyl (C=O) groups is 3. The molecular weight excluding hydrogens is 264 g/mol. The highest BCUT2D eigenvalue weighted by molar-refractivity contribution is 5.94. The molecule has 4 N–H and O–H groups in total. The molecule has 8 heteroatoms. The number of nitrogens with zero attached hydrogens (tertiary/aromatic N) is 1. The van der Waals surface area contributed by atoms with Gasteiger partial charge in [0.25, 0.3) is 0 Å². The van der Waals surface area contributed by atoms with Gasteiger partial charge < -0.3 is 10.6 Å². The first-order valence-corrected chi connectivity index (χ1v) is 5.94. The van der Waals surface area contributed by atoms with Crippen molar-refractivity contribution in [2.45, 2.75) is 13.3 Å². The third-order valence-electron chi connectivity index (χ3n) is 2.42. The number of nitrogens with one attached hydrogen (secondary N) is 3. The third-order valence-corrected chi connectivity index (χ3v) is 2.42. The van der Waals surface area contributed by atoms with E-state index in [1.54, 1.807) is 18.2 Å². The zero-order valence-electron chi connectivity index (χ0n) is 10.9. The molecule has 1 heterocycles. The topological polar surface area (TPSA) is 120 Å². The summed E-state index contributed by atoms with van der Waals surface area (Å²) in [7, 11) is 0. The molecule has 0 saturated heterocycles. The Morgan fingerprint density at radius 2 is 2.05 bits per heavy atom. The summed E-state index contributed by atoms with van der Waals surface area (Å²) in [6.45, 7) is 1.29. The highest BCUT2D eigenvalue weighted by atomic mass is 16.5. The maximum atomic E-state index is 11.6. The van der Waals surface area contributed by atoms with Gasteiger partial charge in [0.1, 0.15) is 5.82 Å². The van der Waals surface area contributed by atoms with Gasteiger partial charge >= 0.3 is 0 Å². The van der Waals surface area contributed by atoms with Gasteiger partial charge in [-0.15, -0.1) is 0 Å². The summed E-state index contributed by atoms with van der Waals surface area (Å²) in [5.41, 5.74) is 1.44. The van der Waals surface area contributed by atoms with Crippen LogP contribution in [0.1, 0.15) is 13.3 Å². The second kappa shape index (κ2) is 7.85. The highest BCUT2D eigenvalue weighted by Crippen LogP contribution is 2.02. The van der Waals surface area contributed by atoms with Crippen LogP contribution in [0.25, 0.3) is 0 Å². The number of aromatic nitrogens is 1. The van der Waals surface area contributed by atoms with Gasteiger partial charge in [-0.2, -0.15) is 0 Å². The molecule has 0 aliphatic heterocycles. The maximum absolute atomic E-state index is 11.6. The van der Waals surface area contributed by atoms with Crippen LogP contribution < -0.4 is 16.1 Å². The average molecular weight is 280 g/mol. The van der Waals surface area contributed by atoms with Gasteiger partial charge in [-0.3, -0.25) is 19.6 Å². The van der Waals surface area contributed by atoms with Crippen LogP contribution >= 0.6 is 0 Å². The van der Waals surface area contributed by atoms with E-state index in [2.05, 4.69) is 15.6 Å². The standard InChI is InChI=1S/C12H16N4O4/c1-8(6-10(17)16-20)12(19)14-7-11(18)15-9-4-2-3-5-13-9/h2-5,8,20H,6-7H2,1H3,(H,14,19)(H,16,17)(H,13,15,18). The Labute approximate surface area is 115 Å². The number of hydrogen-bond donors (Lipinski definition) is 4. The molecule has 1 aromatic heterocycles. The Balaban J connectivity index is 2.33. The van der Waals surface area contributed by atoms with Crippen LogP contribution in [0.5, 0.6) is 0 Å². The minimum absolute atomic E-state index is 0.163. The molecule has 1 unspecified atom stereocenters. The number of hydrogen-bond acceptors (Lipinski definition) is 5. The van der Waals surface area contributed by atoms with Crippen molar-refractivity contribution in [3.05, 3.63) is 24.4 Å². The predicted octanol–water partition coefficient (Wildman–Crippen LogP) is -0.332. The van der Waals surface area contributed by atoms with E-state index in [1.165, 1.54) is 18.6 Å². The zero-order valence-corrected chi connectivity index (χ0v) is 10.9. The number of amides is 3. The first-order chi connectivity index (χ1) is 9.52. The number of hydroxylamine groups is 1. The summed E-state index contributed by atoms with van der Waals surface area (Å²) in [4.78, 5) is 37.9. The monoisotopic (exact) mass is 280 g/mol. The van der Waals surface area contributed by atoms with Crippen LogP contribution in [0, 0.1) is 5.92 Å². The molecule has 0 spiro atoms. The van der Waals surface area contributed by atoms with E-state index in [1.807, 2.05) is 0 Å². The van der Waals surface area contributed by atoms with Crippen LogP contribution in [0.4, 0.5) is 5.82 Å². The smallest absolute Gasteiger partial charge is 0.244 e. The number of pyridine rings is 1. The molecule has 1 aromatic rings. The normalized spacial score (nSPS) is 11.3. The van der Waals surface area contributed by atoms with Crippen molar-refractivity contribution in [2.75, 3.05) is 11.9 Å². The SMILES string of the molecule is CC(CC(=O)NO)C(=O)NCC(=O)Nc1ccccn1. The Bertz CT molecular complexity index is 478. The van der Waals surface area contributed by atoms with Gasteiger partial charge in [0, 0.05) is 18.5 Å². The molecule has 108 valence electrons. The second-order valence-corrected chi connectivity index (χ2v) is 4.12. The molecule has 0 aliphatic rings. The minimum atomic E-state index is -0.661. The van der Waals surface area contributed by atoms with Crippen LogP contribution in [-0.4, -0.2) is 34.5 Å². The number of carbonyl (C=O) groups excluding carboxylic acids is 3. The van der Waals surface area contributed by atoms with Gasteiger partial charge in [0.05, 0.1) is 6.54 Å². The van der Waals surface area contributed by atoms with Crippen molar-refractivity contribution in [1.29, 1.82) is 0 Å². The Morgan fingerprint density at radius 1 is 1.30 bits per heavy atom. The van der Waals surface area contributed by atoms with Crippen LogP contribution in [0.3, 0.4) is 0 Å². The summed E-state index contributed by atoms with van der Waals surface area (Å²) >= 11 is 0. The van der Waals surface area contributed by atoms with Gasteiger partial charge in [0.2, 0.25) is 17.7 Å². The minimum Gasteiger partial charge on any atom is -0.347 e. The van der Waals surface area contributed by atoms with Crippen molar-refractivity contribution < 1.29 is 19.6 Å².